The van der Waals surface area contributed by atoms with E-state index in [1.54, 1.807) is 25.1 Å². The molecule has 1 amide bonds. The lowest BCUT2D eigenvalue weighted by Gasteiger charge is -2.07. The summed E-state index contributed by atoms with van der Waals surface area (Å²) in [5, 5.41) is 1.31. The van der Waals surface area contributed by atoms with E-state index in [0.717, 1.165) is 5.22 Å². The summed E-state index contributed by atoms with van der Waals surface area (Å²) in [5.41, 5.74) is 11.0. The molecule has 2 aromatic carbocycles. The number of hydrogen-bond acceptors (Lipinski definition) is 1. The summed E-state index contributed by atoms with van der Waals surface area (Å²) in [5.74, 6) is -2.11. The summed E-state index contributed by atoms with van der Waals surface area (Å²) in [4.78, 5) is 15.6. The van der Waals surface area contributed by atoms with Crippen LogP contribution in [-0.4, -0.2) is 11.9 Å². The Bertz CT molecular complexity index is 970. The van der Waals surface area contributed by atoms with E-state index in [-0.39, 0.29) is 23.0 Å². The molecule has 0 spiro atoms. The molecule has 0 atom stereocenters. The van der Waals surface area contributed by atoms with Gasteiger partial charge in [0.05, 0.1) is 0 Å². The van der Waals surface area contributed by atoms with E-state index >= 15 is 0 Å². The molecule has 0 heterocycles. The highest BCUT2D eigenvalue weighted by Gasteiger charge is 2.12. The molecule has 6 heteroatoms. The van der Waals surface area contributed by atoms with Crippen LogP contribution in [-0.2, 0) is 0 Å². The van der Waals surface area contributed by atoms with Gasteiger partial charge in [0.15, 0.2) is 5.96 Å². The summed E-state index contributed by atoms with van der Waals surface area (Å²) >= 11 is 0. The van der Waals surface area contributed by atoms with Gasteiger partial charge >= 0.3 is 0 Å². The third kappa shape index (κ3) is 4.33. The van der Waals surface area contributed by atoms with Crippen LogP contribution in [0.25, 0.3) is 11.6 Å². The molecule has 4 N–H and O–H groups in total. The number of nitrogens with two attached hydrogens (primary N) is 2. The molecule has 0 aliphatic heterocycles. The second-order valence-corrected chi connectivity index (χ2v) is 6.28. The zero-order valence-corrected chi connectivity index (χ0v) is 14.9. The first kappa shape index (κ1) is 19.3. The molecule has 2 rings (SSSR count). The molecule has 0 unspecified atom stereocenters. The number of guanidine groups is 1. The molecular weight excluding hydrogens is 336 g/mol. The van der Waals surface area contributed by atoms with Crippen LogP contribution in [0.4, 0.5) is 8.78 Å². The second-order valence-electron chi connectivity index (χ2n) is 6.28. The summed E-state index contributed by atoms with van der Waals surface area (Å²) in [6.45, 7) is 5.59. The smallest absolute Gasteiger partial charge is 0.280 e. The van der Waals surface area contributed by atoms with E-state index in [1.165, 1.54) is 18.2 Å². The number of amides is 1. The van der Waals surface area contributed by atoms with E-state index < -0.39 is 17.5 Å². The van der Waals surface area contributed by atoms with Crippen LogP contribution in [0.1, 0.15) is 36.7 Å². The Balaban J connectivity index is 2.87. The fourth-order valence-corrected chi connectivity index (χ4v) is 2.69. The van der Waals surface area contributed by atoms with E-state index in [4.69, 9.17) is 11.5 Å². The van der Waals surface area contributed by atoms with Crippen molar-refractivity contribution in [1.82, 2.24) is 0 Å². The minimum Gasteiger partial charge on any atom is -0.370 e. The zero-order chi connectivity index (χ0) is 19.4. The van der Waals surface area contributed by atoms with Gasteiger partial charge in [-0.15, -0.1) is 0 Å². The standard InChI is InChI=1S/C20H21F2N3O/c1-11(2)9-13-7-8-14(19(26)25-20(23)24)10-15(13)12(3)18-16(21)5-4-6-17(18)22/h4-11H,1-3H3,(H4,23,24,25,26)/b13-9-,15-12+. The fraction of sp³-hybridized carbons (Fsp3) is 0.200. The number of hydrogen-bond donors (Lipinski definition) is 2. The Hall–Kier alpha value is -3.02. The predicted molar refractivity (Wildman–Crippen MR) is 99.7 cm³/mol. The zero-order valence-electron chi connectivity index (χ0n) is 14.9. The van der Waals surface area contributed by atoms with Gasteiger partial charge < -0.3 is 11.5 Å². The lowest BCUT2D eigenvalue weighted by Crippen LogP contribution is -2.30. The lowest BCUT2D eigenvalue weighted by molar-refractivity contribution is 0.100. The second kappa shape index (κ2) is 7.91. The molecule has 0 aromatic heterocycles. The number of rotatable bonds is 3. The van der Waals surface area contributed by atoms with Crippen LogP contribution >= 0.6 is 0 Å². The van der Waals surface area contributed by atoms with Crippen LogP contribution in [0.2, 0.25) is 0 Å². The summed E-state index contributed by atoms with van der Waals surface area (Å²) in [7, 11) is 0. The van der Waals surface area contributed by atoms with Crippen molar-refractivity contribution in [1.29, 1.82) is 0 Å². The fourth-order valence-electron chi connectivity index (χ4n) is 2.69. The first-order chi connectivity index (χ1) is 12.2. The number of benzene rings is 2. The van der Waals surface area contributed by atoms with Gasteiger partial charge in [0, 0.05) is 11.1 Å². The number of carbonyl (C=O) groups excluding carboxylic acids is 1. The van der Waals surface area contributed by atoms with Gasteiger partial charge in [-0.05, 0) is 53.1 Å². The van der Waals surface area contributed by atoms with Crippen LogP contribution in [0.5, 0.6) is 0 Å². The van der Waals surface area contributed by atoms with Gasteiger partial charge in [0.25, 0.3) is 5.91 Å². The van der Waals surface area contributed by atoms with Crippen molar-refractivity contribution in [2.75, 3.05) is 0 Å². The summed E-state index contributed by atoms with van der Waals surface area (Å²) < 4.78 is 28.4. The summed E-state index contributed by atoms with van der Waals surface area (Å²) in [6, 6.07) is 8.54. The molecule has 0 bridgehead atoms. The maximum absolute atomic E-state index is 14.2. The molecule has 0 saturated heterocycles. The highest BCUT2D eigenvalue weighted by molar-refractivity contribution is 6.01. The quantitative estimate of drug-likeness (QED) is 0.651. The monoisotopic (exact) mass is 357 g/mol. The molecule has 0 aliphatic rings. The minimum absolute atomic E-state index is 0.127. The lowest BCUT2D eigenvalue weighted by atomic mass is 9.99. The van der Waals surface area contributed by atoms with Gasteiger partial charge in [-0.25, -0.2) is 8.78 Å². The first-order valence-corrected chi connectivity index (χ1v) is 8.12. The Kier molecular flexibility index (Phi) is 5.87. The largest absolute Gasteiger partial charge is 0.370 e. The maximum Gasteiger partial charge on any atom is 0.280 e. The van der Waals surface area contributed by atoms with Crippen molar-refractivity contribution in [3.05, 3.63) is 69.6 Å². The van der Waals surface area contributed by atoms with Gasteiger partial charge in [0.2, 0.25) is 0 Å². The van der Waals surface area contributed by atoms with Crippen molar-refractivity contribution in [3.8, 4) is 0 Å². The average molecular weight is 357 g/mol. The molecule has 0 aliphatic carbocycles. The Labute approximate surface area is 150 Å². The topological polar surface area (TPSA) is 81.5 Å². The molecule has 136 valence electrons. The van der Waals surface area contributed by atoms with Crippen molar-refractivity contribution < 1.29 is 13.6 Å². The van der Waals surface area contributed by atoms with Crippen molar-refractivity contribution >= 4 is 23.5 Å². The van der Waals surface area contributed by atoms with Gasteiger partial charge in [0.1, 0.15) is 11.6 Å². The number of carbonyl (C=O) groups is 1. The highest BCUT2D eigenvalue weighted by atomic mass is 19.1. The average Bonchev–Trinajstić information content (AvgIpc) is 2.53. The number of nitrogens with zero attached hydrogens (tertiary/aromatic N) is 1. The van der Waals surface area contributed by atoms with Crippen molar-refractivity contribution in [2.24, 2.45) is 22.4 Å². The van der Waals surface area contributed by atoms with Crippen LogP contribution in [0.15, 0.2) is 41.4 Å². The Morgan fingerprint density at radius 2 is 1.73 bits per heavy atom. The third-order valence-electron chi connectivity index (χ3n) is 3.79. The Morgan fingerprint density at radius 3 is 2.27 bits per heavy atom. The van der Waals surface area contributed by atoms with Gasteiger partial charge in [-0.3, -0.25) is 4.79 Å². The van der Waals surface area contributed by atoms with Crippen LogP contribution in [0, 0.1) is 17.6 Å². The summed E-state index contributed by atoms with van der Waals surface area (Å²) in [6.07, 6.45) is 1.95. The highest BCUT2D eigenvalue weighted by Crippen LogP contribution is 2.19. The molecular formula is C20H21F2N3O. The molecule has 0 radical (unpaired) electrons. The van der Waals surface area contributed by atoms with E-state index in [1.807, 2.05) is 19.9 Å². The number of halogens is 2. The van der Waals surface area contributed by atoms with E-state index in [0.29, 0.717) is 10.8 Å². The SMILES string of the molecule is C/C(c1c(F)cccc1F)=c1/cc(C(=O)N=C(N)N)cc/c1=C/C(C)C. The van der Waals surface area contributed by atoms with Crippen molar-refractivity contribution in [3.63, 3.8) is 0 Å². The van der Waals surface area contributed by atoms with Gasteiger partial charge in [-0.2, -0.15) is 4.99 Å². The normalized spacial score (nSPS) is 12.9. The molecule has 0 saturated carbocycles. The molecule has 4 nitrogen and oxygen atoms in total. The van der Waals surface area contributed by atoms with Crippen molar-refractivity contribution in [2.45, 2.75) is 20.8 Å². The van der Waals surface area contributed by atoms with Crippen LogP contribution < -0.4 is 21.9 Å². The Morgan fingerprint density at radius 1 is 1.12 bits per heavy atom. The predicted octanol–water partition coefficient (Wildman–Crippen LogP) is 2.03. The number of aliphatic imine (C=N–C) groups is 1. The molecule has 26 heavy (non-hydrogen) atoms. The van der Waals surface area contributed by atoms with E-state index in [2.05, 4.69) is 4.99 Å². The van der Waals surface area contributed by atoms with E-state index in [9.17, 15) is 13.6 Å². The maximum atomic E-state index is 14.2. The van der Waals surface area contributed by atoms with Gasteiger partial charge in [-0.1, -0.05) is 32.1 Å². The first-order valence-electron chi connectivity index (χ1n) is 8.12. The molecule has 0 fully saturated rings. The molecule has 2 aromatic rings. The minimum atomic E-state index is -0.668. The van der Waals surface area contributed by atoms with Crippen LogP contribution in [0.3, 0.4) is 0 Å². The third-order valence-corrected chi connectivity index (χ3v) is 3.79.